The van der Waals surface area contributed by atoms with Crippen molar-refractivity contribution >= 4 is 34.8 Å². The van der Waals surface area contributed by atoms with Crippen molar-refractivity contribution in [1.29, 1.82) is 0 Å². The maximum Gasteiger partial charge on any atom is 0.258 e. The molecule has 6 nitrogen and oxygen atoms in total. The number of hydrogen-bond acceptors (Lipinski definition) is 5. The predicted octanol–water partition coefficient (Wildman–Crippen LogP) is 4.86. The quantitative estimate of drug-likeness (QED) is 0.644. The third-order valence-corrected chi connectivity index (χ3v) is 4.48. The minimum Gasteiger partial charge on any atom is -0.495 e. The highest BCUT2D eigenvalue weighted by atomic mass is 35.5. The number of hydrogen-bond donors (Lipinski definition) is 1. The summed E-state index contributed by atoms with van der Waals surface area (Å²) in [6.45, 7) is 4.77. The van der Waals surface area contributed by atoms with Crippen molar-refractivity contribution in [2.75, 3.05) is 23.9 Å². The second-order valence-corrected chi connectivity index (χ2v) is 6.57. The maximum atomic E-state index is 12.5. The van der Waals surface area contributed by atoms with E-state index in [1.165, 1.54) is 19.5 Å². The van der Waals surface area contributed by atoms with E-state index in [0.29, 0.717) is 34.5 Å². The molecule has 3 rings (SSSR count). The minimum absolute atomic E-state index is 0.314. The van der Waals surface area contributed by atoms with Crippen molar-refractivity contribution in [2.45, 2.75) is 13.8 Å². The van der Waals surface area contributed by atoms with Crippen LogP contribution in [0.15, 0.2) is 54.9 Å². The summed E-state index contributed by atoms with van der Waals surface area (Å²) in [5.41, 5.74) is 3.09. The number of carbonyl (C=O) groups is 1. The number of carbonyl (C=O) groups excluding carboxylic acids is 1. The van der Waals surface area contributed by atoms with Crippen LogP contribution < -0.4 is 15.0 Å². The lowest BCUT2D eigenvalue weighted by molar-refractivity contribution is 0.102. The van der Waals surface area contributed by atoms with Gasteiger partial charge in [-0.2, -0.15) is 0 Å². The first kappa shape index (κ1) is 19.6. The molecule has 0 bridgehead atoms. The van der Waals surface area contributed by atoms with E-state index < -0.39 is 0 Å². The van der Waals surface area contributed by atoms with Crippen LogP contribution in [0.4, 0.5) is 17.3 Å². The molecule has 0 aliphatic heterocycles. The van der Waals surface area contributed by atoms with Gasteiger partial charge in [0.05, 0.1) is 17.7 Å². The van der Waals surface area contributed by atoms with Gasteiger partial charge < -0.3 is 15.0 Å². The van der Waals surface area contributed by atoms with Crippen LogP contribution in [0.3, 0.4) is 0 Å². The molecule has 2 aromatic carbocycles. The van der Waals surface area contributed by atoms with Crippen LogP contribution in [-0.2, 0) is 0 Å². The number of aromatic nitrogens is 2. The number of nitrogens with zero attached hydrogens (tertiary/aromatic N) is 3. The van der Waals surface area contributed by atoms with Crippen LogP contribution in [0.25, 0.3) is 0 Å². The number of anilines is 3. The van der Waals surface area contributed by atoms with E-state index in [4.69, 9.17) is 16.3 Å². The molecule has 0 fully saturated rings. The molecule has 3 aromatic rings. The monoisotopic (exact) mass is 396 g/mol. The summed E-state index contributed by atoms with van der Waals surface area (Å²) in [4.78, 5) is 23.2. The molecule has 0 unspecified atom stereocenters. The summed E-state index contributed by atoms with van der Waals surface area (Å²) in [5.74, 6) is 0.770. The second-order valence-electron chi connectivity index (χ2n) is 6.16. The number of aryl methyl sites for hydroxylation is 1. The highest BCUT2D eigenvalue weighted by molar-refractivity contribution is 6.32. The van der Waals surface area contributed by atoms with E-state index in [1.54, 1.807) is 18.2 Å². The van der Waals surface area contributed by atoms with E-state index in [9.17, 15) is 4.79 Å². The van der Waals surface area contributed by atoms with Crippen molar-refractivity contribution < 1.29 is 9.53 Å². The Bertz CT molecular complexity index is 976. The fourth-order valence-electron chi connectivity index (χ4n) is 2.76. The molecule has 0 aliphatic rings. The van der Waals surface area contributed by atoms with Gasteiger partial charge in [-0.3, -0.25) is 4.79 Å². The number of ether oxygens (including phenoxy) is 1. The van der Waals surface area contributed by atoms with Crippen molar-refractivity contribution in [3.8, 4) is 5.75 Å². The first-order chi connectivity index (χ1) is 13.5. The molecule has 0 aliphatic carbocycles. The Morgan fingerprint density at radius 3 is 2.54 bits per heavy atom. The Labute approximate surface area is 169 Å². The van der Waals surface area contributed by atoms with Gasteiger partial charge in [0.2, 0.25) is 5.95 Å². The molecular weight excluding hydrogens is 376 g/mol. The summed E-state index contributed by atoms with van der Waals surface area (Å²) in [7, 11) is 1.54. The highest BCUT2D eigenvalue weighted by Crippen LogP contribution is 2.27. The van der Waals surface area contributed by atoms with E-state index in [2.05, 4.69) is 21.4 Å². The fraction of sp³-hybridized carbons (Fsp3) is 0.190. The van der Waals surface area contributed by atoms with E-state index in [-0.39, 0.29) is 5.91 Å². The van der Waals surface area contributed by atoms with E-state index in [0.717, 1.165) is 11.3 Å². The standard InChI is InChI=1S/C21H21ClN4O2/c1-4-26(17-7-5-6-14(2)10-17)21-23-12-15(13-24-21)20(27)25-16-8-9-19(28-3)18(22)11-16/h5-13H,4H2,1-3H3,(H,25,27). The topological polar surface area (TPSA) is 67.4 Å². The van der Waals surface area contributed by atoms with Crippen LogP contribution >= 0.6 is 11.6 Å². The third kappa shape index (κ3) is 4.40. The third-order valence-electron chi connectivity index (χ3n) is 4.18. The summed E-state index contributed by atoms with van der Waals surface area (Å²) in [6, 6.07) is 13.2. The molecule has 0 saturated heterocycles. The van der Waals surface area contributed by atoms with Gasteiger partial charge in [-0.05, 0) is 49.7 Å². The zero-order chi connectivity index (χ0) is 20.1. The molecule has 1 amide bonds. The SMILES string of the molecule is CCN(c1cccc(C)c1)c1ncc(C(=O)Nc2ccc(OC)c(Cl)c2)cn1. The largest absolute Gasteiger partial charge is 0.495 e. The van der Waals surface area contributed by atoms with Crippen molar-refractivity contribution in [1.82, 2.24) is 9.97 Å². The summed E-state index contributed by atoms with van der Waals surface area (Å²) < 4.78 is 5.11. The Balaban J connectivity index is 1.76. The number of nitrogens with one attached hydrogen (secondary N) is 1. The van der Waals surface area contributed by atoms with E-state index >= 15 is 0 Å². The Hall–Kier alpha value is -3.12. The first-order valence-corrected chi connectivity index (χ1v) is 9.20. The van der Waals surface area contributed by atoms with Crippen molar-refractivity contribution in [3.05, 3.63) is 71.0 Å². The molecule has 7 heteroatoms. The van der Waals surface area contributed by atoms with Crippen LogP contribution in [0.1, 0.15) is 22.8 Å². The predicted molar refractivity (Wildman–Crippen MR) is 112 cm³/mol. The smallest absolute Gasteiger partial charge is 0.258 e. The number of benzene rings is 2. The van der Waals surface area contributed by atoms with Crippen LogP contribution in [0.2, 0.25) is 5.02 Å². The van der Waals surface area contributed by atoms with E-state index in [1.807, 2.05) is 36.9 Å². The lowest BCUT2D eigenvalue weighted by Gasteiger charge is -2.21. The molecule has 1 N–H and O–H groups in total. The normalized spacial score (nSPS) is 10.4. The van der Waals surface area contributed by atoms with Crippen LogP contribution in [0.5, 0.6) is 5.75 Å². The summed E-state index contributed by atoms with van der Waals surface area (Å²) >= 11 is 6.09. The van der Waals surface area contributed by atoms with Gasteiger partial charge in [-0.25, -0.2) is 9.97 Å². The molecule has 1 aromatic heterocycles. The molecule has 0 spiro atoms. The molecular formula is C21H21ClN4O2. The van der Waals surface area contributed by atoms with Gasteiger partial charge in [0.1, 0.15) is 5.75 Å². The van der Waals surface area contributed by atoms with Gasteiger partial charge >= 0.3 is 0 Å². The average Bonchev–Trinajstić information content (AvgIpc) is 2.69. The Morgan fingerprint density at radius 2 is 1.93 bits per heavy atom. The van der Waals surface area contributed by atoms with Gasteiger partial charge in [-0.15, -0.1) is 0 Å². The van der Waals surface area contributed by atoms with Gasteiger partial charge in [-0.1, -0.05) is 23.7 Å². The number of halogens is 1. The van der Waals surface area contributed by atoms with Crippen molar-refractivity contribution in [2.24, 2.45) is 0 Å². The number of amides is 1. The van der Waals surface area contributed by atoms with Crippen LogP contribution in [-0.4, -0.2) is 29.5 Å². The average molecular weight is 397 g/mol. The maximum absolute atomic E-state index is 12.5. The van der Waals surface area contributed by atoms with Crippen LogP contribution in [0, 0.1) is 6.92 Å². The van der Waals surface area contributed by atoms with Crippen molar-refractivity contribution in [3.63, 3.8) is 0 Å². The lowest BCUT2D eigenvalue weighted by Crippen LogP contribution is -2.20. The zero-order valence-electron chi connectivity index (χ0n) is 15.9. The van der Waals surface area contributed by atoms with Gasteiger partial charge in [0.25, 0.3) is 5.91 Å². The fourth-order valence-corrected chi connectivity index (χ4v) is 3.02. The molecule has 28 heavy (non-hydrogen) atoms. The number of methoxy groups -OCH3 is 1. The second kappa shape index (κ2) is 8.71. The minimum atomic E-state index is -0.314. The van der Waals surface area contributed by atoms with Gasteiger partial charge in [0.15, 0.2) is 0 Å². The summed E-state index contributed by atoms with van der Waals surface area (Å²) in [5, 5.41) is 3.20. The number of rotatable bonds is 6. The molecule has 1 heterocycles. The zero-order valence-corrected chi connectivity index (χ0v) is 16.7. The molecule has 0 atom stereocenters. The highest BCUT2D eigenvalue weighted by Gasteiger charge is 2.13. The van der Waals surface area contributed by atoms with Gasteiger partial charge in [0, 0.05) is 30.3 Å². The Morgan fingerprint density at radius 1 is 1.18 bits per heavy atom. The Kier molecular flexibility index (Phi) is 6.11. The molecule has 0 radical (unpaired) electrons. The summed E-state index contributed by atoms with van der Waals surface area (Å²) in [6.07, 6.45) is 3.03. The molecule has 0 saturated carbocycles. The first-order valence-electron chi connectivity index (χ1n) is 8.83. The lowest BCUT2D eigenvalue weighted by atomic mass is 10.2. The molecule has 144 valence electrons.